The minimum atomic E-state index is -0.206. The Balaban J connectivity index is -0.000000180. The summed E-state index contributed by atoms with van der Waals surface area (Å²) in [6.07, 6.45) is 0. The maximum absolute atomic E-state index is 10.1. The average molecular weight is 191 g/mol. The van der Waals surface area contributed by atoms with Gasteiger partial charge in [-0.05, 0) is 6.92 Å². The van der Waals surface area contributed by atoms with Gasteiger partial charge in [0.25, 0.3) is 0 Å². The SMILES string of the molecule is CCOC(=O)CBr.[H-].[Na+]. The van der Waals surface area contributed by atoms with Crippen molar-refractivity contribution in [1.82, 2.24) is 0 Å². The Hall–Kier alpha value is 0.950. The number of rotatable bonds is 2. The van der Waals surface area contributed by atoms with E-state index >= 15 is 0 Å². The summed E-state index contributed by atoms with van der Waals surface area (Å²) in [6.45, 7) is 2.24. The number of carbonyl (C=O) groups is 1. The molecule has 0 aromatic carbocycles. The van der Waals surface area contributed by atoms with Gasteiger partial charge in [0, 0.05) is 0 Å². The van der Waals surface area contributed by atoms with E-state index in [0.29, 0.717) is 11.9 Å². The molecule has 0 saturated carbocycles. The fourth-order valence-electron chi connectivity index (χ4n) is 0.200. The van der Waals surface area contributed by atoms with Crippen LogP contribution in [0.3, 0.4) is 0 Å². The van der Waals surface area contributed by atoms with Gasteiger partial charge in [0.15, 0.2) is 0 Å². The molecule has 0 amide bonds. The molecule has 0 spiro atoms. The number of ether oxygens (including phenoxy) is 1. The summed E-state index contributed by atoms with van der Waals surface area (Å²) in [5.41, 5.74) is 0. The molecule has 0 unspecified atom stereocenters. The van der Waals surface area contributed by atoms with Gasteiger partial charge in [0.05, 0.1) is 6.61 Å². The van der Waals surface area contributed by atoms with Gasteiger partial charge in [0.1, 0.15) is 5.33 Å². The average Bonchev–Trinajstić information content (AvgIpc) is 1.68. The van der Waals surface area contributed by atoms with Crippen molar-refractivity contribution in [3.05, 3.63) is 0 Å². The number of halogens is 1. The van der Waals surface area contributed by atoms with Gasteiger partial charge >= 0.3 is 35.5 Å². The summed E-state index contributed by atoms with van der Waals surface area (Å²) in [7, 11) is 0. The van der Waals surface area contributed by atoms with Crippen molar-refractivity contribution in [2.24, 2.45) is 0 Å². The Morgan fingerprint density at radius 3 is 2.50 bits per heavy atom. The molecule has 4 heteroatoms. The Morgan fingerprint density at radius 1 is 1.88 bits per heavy atom. The maximum Gasteiger partial charge on any atom is 1.00 e. The smallest absolute Gasteiger partial charge is 1.00 e. The fourth-order valence-corrected chi connectivity index (χ4v) is 0.361. The van der Waals surface area contributed by atoms with Crippen LogP contribution >= 0.6 is 15.9 Å². The first kappa shape index (κ1) is 11.7. The molecule has 0 aliphatic rings. The van der Waals surface area contributed by atoms with Crippen LogP contribution in [-0.2, 0) is 9.53 Å². The largest absolute Gasteiger partial charge is 1.00 e. The minimum Gasteiger partial charge on any atom is -1.00 e. The third kappa shape index (κ3) is 6.95. The zero-order valence-corrected chi connectivity index (χ0v) is 8.69. The van der Waals surface area contributed by atoms with Crippen molar-refractivity contribution in [3.8, 4) is 0 Å². The van der Waals surface area contributed by atoms with E-state index in [-0.39, 0.29) is 37.0 Å². The summed E-state index contributed by atoms with van der Waals surface area (Å²) in [6, 6.07) is 0. The van der Waals surface area contributed by atoms with Gasteiger partial charge in [-0.2, -0.15) is 0 Å². The summed E-state index contributed by atoms with van der Waals surface area (Å²) in [5.74, 6) is -0.206. The van der Waals surface area contributed by atoms with Crippen LogP contribution < -0.4 is 29.6 Å². The van der Waals surface area contributed by atoms with E-state index in [0.717, 1.165) is 0 Å². The first-order valence-electron chi connectivity index (χ1n) is 2.02. The normalized spacial score (nSPS) is 7.25. The molecule has 0 aliphatic carbocycles. The molecule has 0 fully saturated rings. The molecule has 0 rings (SSSR count). The molecular weight excluding hydrogens is 183 g/mol. The molecule has 0 aromatic heterocycles. The van der Waals surface area contributed by atoms with Crippen molar-refractivity contribution >= 4 is 21.9 Å². The molecule has 8 heavy (non-hydrogen) atoms. The Bertz CT molecular complexity index is 71.6. The summed E-state index contributed by atoms with van der Waals surface area (Å²) < 4.78 is 4.51. The summed E-state index contributed by atoms with van der Waals surface area (Å²) >= 11 is 2.94. The van der Waals surface area contributed by atoms with E-state index in [1.54, 1.807) is 6.92 Å². The predicted octanol–water partition coefficient (Wildman–Crippen LogP) is -1.94. The quantitative estimate of drug-likeness (QED) is 0.288. The molecule has 0 saturated heterocycles. The van der Waals surface area contributed by atoms with Crippen molar-refractivity contribution in [2.75, 3.05) is 11.9 Å². The van der Waals surface area contributed by atoms with Crippen LogP contribution in [0.5, 0.6) is 0 Å². The van der Waals surface area contributed by atoms with Crippen LogP contribution in [0.2, 0.25) is 0 Å². The first-order chi connectivity index (χ1) is 3.31. The van der Waals surface area contributed by atoms with Crippen LogP contribution in [0.25, 0.3) is 0 Å². The van der Waals surface area contributed by atoms with Gasteiger partial charge in [-0.1, -0.05) is 15.9 Å². The monoisotopic (exact) mass is 190 g/mol. The third-order valence-electron chi connectivity index (χ3n) is 0.414. The second kappa shape index (κ2) is 7.95. The second-order valence-corrected chi connectivity index (χ2v) is 1.50. The van der Waals surface area contributed by atoms with E-state index in [4.69, 9.17) is 0 Å². The van der Waals surface area contributed by atoms with Crippen LogP contribution in [0, 0.1) is 0 Å². The van der Waals surface area contributed by atoms with E-state index in [1.807, 2.05) is 0 Å². The molecule has 0 heterocycles. The first-order valence-corrected chi connectivity index (χ1v) is 3.15. The standard InChI is InChI=1S/C4H7BrO2.Na.H/c1-2-7-4(6)3-5;;/h2-3H2,1H3;;/q;+1;-1. The van der Waals surface area contributed by atoms with Crippen molar-refractivity contribution in [2.45, 2.75) is 6.92 Å². The topological polar surface area (TPSA) is 26.3 Å². The third-order valence-corrected chi connectivity index (χ3v) is 0.872. The Morgan fingerprint density at radius 2 is 2.38 bits per heavy atom. The number of alkyl halides is 1. The van der Waals surface area contributed by atoms with E-state index in [9.17, 15) is 4.79 Å². The number of hydrogen-bond donors (Lipinski definition) is 0. The van der Waals surface area contributed by atoms with Gasteiger partial charge in [-0.25, -0.2) is 0 Å². The van der Waals surface area contributed by atoms with E-state index in [2.05, 4.69) is 20.7 Å². The molecule has 0 N–H and O–H groups in total. The van der Waals surface area contributed by atoms with Crippen molar-refractivity contribution in [1.29, 1.82) is 0 Å². The molecule has 0 aliphatic heterocycles. The van der Waals surface area contributed by atoms with Crippen molar-refractivity contribution < 1.29 is 40.5 Å². The molecule has 0 bridgehead atoms. The van der Waals surface area contributed by atoms with Gasteiger partial charge < -0.3 is 6.16 Å². The second-order valence-electron chi connectivity index (χ2n) is 0.939. The van der Waals surface area contributed by atoms with E-state index < -0.39 is 0 Å². The number of hydrogen-bond acceptors (Lipinski definition) is 2. The molecular formula is C4H8BrNaO2. The Kier molecular flexibility index (Phi) is 11.6. The summed E-state index contributed by atoms with van der Waals surface area (Å²) in [4.78, 5) is 10.1. The van der Waals surface area contributed by atoms with Gasteiger partial charge in [-0.3, -0.25) is 4.79 Å². The van der Waals surface area contributed by atoms with Gasteiger partial charge in [0.2, 0.25) is 0 Å². The zero-order valence-electron chi connectivity index (χ0n) is 6.11. The predicted molar refractivity (Wildman–Crippen MR) is 31.5 cm³/mol. The van der Waals surface area contributed by atoms with Crippen LogP contribution in [0.4, 0.5) is 0 Å². The number of carbonyl (C=O) groups excluding carboxylic acids is 1. The van der Waals surface area contributed by atoms with Crippen LogP contribution in [-0.4, -0.2) is 17.9 Å². The molecule has 0 aromatic rings. The summed E-state index contributed by atoms with van der Waals surface area (Å²) in [5, 5.41) is 0.292. The van der Waals surface area contributed by atoms with Crippen LogP contribution in [0.15, 0.2) is 0 Å². The zero-order chi connectivity index (χ0) is 5.70. The van der Waals surface area contributed by atoms with Gasteiger partial charge in [-0.15, -0.1) is 0 Å². The molecule has 44 valence electrons. The molecule has 2 nitrogen and oxygen atoms in total. The van der Waals surface area contributed by atoms with Crippen LogP contribution in [0.1, 0.15) is 8.35 Å². The Labute approximate surface area is 80.9 Å². The molecule has 0 radical (unpaired) electrons. The number of esters is 1. The maximum atomic E-state index is 10.1. The minimum absolute atomic E-state index is 0. The van der Waals surface area contributed by atoms with E-state index in [1.165, 1.54) is 0 Å². The molecule has 0 atom stereocenters. The fraction of sp³-hybridized carbons (Fsp3) is 0.750. The van der Waals surface area contributed by atoms with Crippen molar-refractivity contribution in [3.63, 3.8) is 0 Å².